The quantitative estimate of drug-likeness (QED) is 0.719. The third kappa shape index (κ3) is 3.95. The second-order valence-corrected chi connectivity index (χ2v) is 9.29. The van der Waals surface area contributed by atoms with Gasteiger partial charge >= 0.3 is 5.97 Å². The van der Waals surface area contributed by atoms with Crippen molar-refractivity contribution >= 4 is 21.7 Å². The third-order valence-electron chi connectivity index (χ3n) is 5.67. The SMILES string of the molecule is COc1cccc(S(=O)(=O)NC2Cc3cccc4c3C(C2)CN4CCC(=O)O)c1. The number of nitrogens with one attached hydrogen (secondary N) is 1. The van der Waals surface area contributed by atoms with Gasteiger partial charge in [-0.3, -0.25) is 4.79 Å². The molecule has 0 spiro atoms. The molecule has 8 heteroatoms. The predicted octanol–water partition coefficient (Wildman–Crippen LogP) is 2.37. The highest BCUT2D eigenvalue weighted by atomic mass is 32.2. The number of benzene rings is 2. The molecule has 0 saturated heterocycles. The molecule has 0 saturated carbocycles. The molecule has 1 aliphatic carbocycles. The lowest BCUT2D eigenvalue weighted by Gasteiger charge is -2.29. The Morgan fingerprint density at radius 3 is 2.83 bits per heavy atom. The maximum Gasteiger partial charge on any atom is 0.305 e. The van der Waals surface area contributed by atoms with Crippen LogP contribution >= 0.6 is 0 Å². The second kappa shape index (κ2) is 7.68. The number of hydrogen-bond acceptors (Lipinski definition) is 5. The molecule has 0 fully saturated rings. The molecule has 0 aromatic heterocycles. The summed E-state index contributed by atoms with van der Waals surface area (Å²) < 4.78 is 33.8. The summed E-state index contributed by atoms with van der Waals surface area (Å²) in [6.07, 6.45) is 1.40. The number of anilines is 1. The second-order valence-electron chi connectivity index (χ2n) is 7.57. The van der Waals surface area contributed by atoms with Gasteiger partial charge in [0.15, 0.2) is 0 Å². The number of carboxylic acid groups (broad SMARTS) is 1. The highest BCUT2D eigenvalue weighted by Gasteiger charge is 2.37. The summed E-state index contributed by atoms with van der Waals surface area (Å²) >= 11 is 0. The van der Waals surface area contributed by atoms with Crippen LogP contribution in [0.4, 0.5) is 5.69 Å². The van der Waals surface area contributed by atoms with Crippen molar-refractivity contribution in [3.8, 4) is 5.75 Å². The summed E-state index contributed by atoms with van der Waals surface area (Å²) in [6, 6.07) is 12.3. The minimum Gasteiger partial charge on any atom is -0.497 e. The normalized spacial score (nSPS) is 20.4. The van der Waals surface area contributed by atoms with Gasteiger partial charge in [0.1, 0.15) is 5.75 Å². The van der Waals surface area contributed by atoms with Crippen LogP contribution in [0.25, 0.3) is 0 Å². The van der Waals surface area contributed by atoms with Crippen molar-refractivity contribution in [2.45, 2.75) is 36.1 Å². The fourth-order valence-corrected chi connectivity index (χ4v) is 5.74. The number of aliphatic carboxylic acids is 1. The van der Waals surface area contributed by atoms with Crippen molar-refractivity contribution < 1.29 is 23.1 Å². The Kier molecular flexibility index (Phi) is 5.23. The van der Waals surface area contributed by atoms with Crippen molar-refractivity contribution in [3.63, 3.8) is 0 Å². The van der Waals surface area contributed by atoms with E-state index in [1.165, 1.54) is 18.7 Å². The van der Waals surface area contributed by atoms with Gasteiger partial charge in [-0.1, -0.05) is 18.2 Å². The molecular formula is C21H24N2O5S. The van der Waals surface area contributed by atoms with E-state index < -0.39 is 16.0 Å². The Hall–Kier alpha value is -2.58. The molecule has 7 nitrogen and oxygen atoms in total. The topological polar surface area (TPSA) is 95.9 Å². The van der Waals surface area contributed by atoms with Crippen molar-refractivity contribution in [2.75, 3.05) is 25.1 Å². The number of carbonyl (C=O) groups is 1. The molecule has 154 valence electrons. The molecule has 2 unspecified atom stereocenters. The van der Waals surface area contributed by atoms with E-state index in [2.05, 4.69) is 9.62 Å². The van der Waals surface area contributed by atoms with Crippen molar-refractivity contribution in [1.29, 1.82) is 0 Å². The van der Waals surface area contributed by atoms with E-state index in [1.807, 2.05) is 18.2 Å². The number of ether oxygens (including phenoxy) is 1. The van der Waals surface area contributed by atoms with Crippen LogP contribution in [0.2, 0.25) is 0 Å². The van der Waals surface area contributed by atoms with E-state index in [0.717, 1.165) is 17.8 Å². The first-order valence-corrected chi connectivity index (χ1v) is 11.1. The monoisotopic (exact) mass is 416 g/mol. The van der Waals surface area contributed by atoms with Crippen molar-refractivity contribution in [3.05, 3.63) is 53.6 Å². The van der Waals surface area contributed by atoms with Gasteiger partial charge in [0.25, 0.3) is 0 Å². The lowest BCUT2D eigenvalue weighted by Crippen LogP contribution is -2.40. The molecule has 29 heavy (non-hydrogen) atoms. The average molecular weight is 416 g/mol. The number of methoxy groups -OCH3 is 1. The summed E-state index contributed by atoms with van der Waals surface area (Å²) in [5.74, 6) is -0.122. The van der Waals surface area contributed by atoms with Crippen LogP contribution in [0.5, 0.6) is 5.75 Å². The van der Waals surface area contributed by atoms with Crippen molar-refractivity contribution in [2.24, 2.45) is 0 Å². The summed E-state index contributed by atoms with van der Waals surface area (Å²) in [5, 5.41) is 9.01. The molecule has 2 N–H and O–H groups in total. The Labute approximate surface area is 170 Å². The Balaban J connectivity index is 1.54. The first-order chi connectivity index (χ1) is 13.9. The number of rotatable bonds is 7. The van der Waals surface area contributed by atoms with Gasteiger partial charge in [0.2, 0.25) is 10.0 Å². The lowest BCUT2D eigenvalue weighted by molar-refractivity contribution is -0.136. The molecule has 4 rings (SSSR count). The van der Waals surface area contributed by atoms with Crippen molar-refractivity contribution in [1.82, 2.24) is 4.72 Å². The Morgan fingerprint density at radius 2 is 2.07 bits per heavy atom. The van der Waals surface area contributed by atoms with E-state index in [4.69, 9.17) is 9.84 Å². The van der Waals surface area contributed by atoms with Crippen LogP contribution in [0.15, 0.2) is 47.4 Å². The number of hydrogen-bond donors (Lipinski definition) is 2. The standard InChI is InChI=1S/C21H24N2O5S/c1-28-17-5-3-6-18(12-17)29(26,27)22-16-10-14-4-2-7-19-21(14)15(11-16)13-23(19)9-8-20(24)25/h2-7,12,15-16,22H,8-11,13H2,1H3,(H,24,25). The summed E-state index contributed by atoms with van der Waals surface area (Å²) in [4.78, 5) is 13.3. The molecule has 0 radical (unpaired) electrons. The van der Waals surface area contributed by atoms with Crippen LogP contribution < -0.4 is 14.4 Å². The molecule has 2 aromatic rings. The van der Waals surface area contributed by atoms with Gasteiger partial charge in [0.05, 0.1) is 18.4 Å². The fourth-order valence-electron chi connectivity index (χ4n) is 4.45. The first kappa shape index (κ1) is 19.7. The Bertz CT molecular complexity index is 1040. The van der Waals surface area contributed by atoms with Crippen LogP contribution in [0.1, 0.15) is 29.9 Å². The number of carboxylic acids is 1. The van der Waals surface area contributed by atoms with Gasteiger partial charge in [0, 0.05) is 36.8 Å². The van der Waals surface area contributed by atoms with E-state index in [1.54, 1.807) is 18.2 Å². The van der Waals surface area contributed by atoms with E-state index in [0.29, 0.717) is 25.1 Å². The molecule has 1 aliphatic heterocycles. The van der Waals surface area contributed by atoms with Gasteiger partial charge in [-0.25, -0.2) is 13.1 Å². The zero-order valence-electron chi connectivity index (χ0n) is 16.2. The van der Waals surface area contributed by atoms with Crippen LogP contribution in [-0.2, 0) is 21.2 Å². The largest absolute Gasteiger partial charge is 0.497 e. The summed E-state index contributed by atoms with van der Waals surface area (Å²) in [6.45, 7) is 1.18. The molecular weight excluding hydrogens is 392 g/mol. The number of sulfonamides is 1. The maximum absolute atomic E-state index is 12.9. The minimum absolute atomic E-state index is 0.0856. The predicted molar refractivity (Wildman–Crippen MR) is 109 cm³/mol. The van der Waals surface area contributed by atoms with Gasteiger partial charge in [-0.2, -0.15) is 0 Å². The first-order valence-electron chi connectivity index (χ1n) is 9.62. The third-order valence-corrected chi connectivity index (χ3v) is 7.19. The van der Waals surface area contributed by atoms with Crippen LogP contribution in [0.3, 0.4) is 0 Å². The summed E-state index contributed by atoms with van der Waals surface area (Å²) in [7, 11) is -2.16. The van der Waals surface area contributed by atoms with E-state index in [-0.39, 0.29) is 23.3 Å². The average Bonchev–Trinajstić information content (AvgIpc) is 3.05. The zero-order chi connectivity index (χ0) is 20.6. The van der Waals surface area contributed by atoms with E-state index >= 15 is 0 Å². The Morgan fingerprint density at radius 1 is 1.28 bits per heavy atom. The number of nitrogens with zero attached hydrogens (tertiary/aromatic N) is 1. The van der Waals surface area contributed by atoms with E-state index in [9.17, 15) is 13.2 Å². The van der Waals surface area contributed by atoms with Crippen LogP contribution in [-0.4, -0.2) is 45.7 Å². The molecule has 1 heterocycles. The minimum atomic E-state index is -3.67. The highest BCUT2D eigenvalue weighted by Crippen LogP contribution is 2.44. The lowest BCUT2D eigenvalue weighted by atomic mass is 9.82. The molecule has 0 amide bonds. The maximum atomic E-state index is 12.9. The van der Waals surface area contributed by atoms with Gasteiger partial charge in [-0.15, -0.1) is 0 Å². The molecule has 0 bridgehead atoms. The highest BCUT2D eigenvalue weighted by molar-refractivity contribution is 7.89. The van der Waals surface area contributed by atoms with Crippen LogP contribution in [0, 0.1) is 0 Å². The zero-order valence-corrected chi connectivity index (χ0v) is 17.0. The van der Waals surface area contributed by atoms with Gasteiger partial charge in [-0.05, 0) is 42.2 Å². The smallest absolute Gasteiger partial charge is 0.305 e. The summed E-state index contributed by atoms with van der Waals surface area (Å²) in [5.41, 5.74) is 3.47. The molecule has 2 aliphatic rings. The molecule has 2 aromatic carbocycles. The van der Waals surface area contributed by atoms with Gasteiger partial charge < -0.3 is 14.7 Å². The molecule has 2 atom stereocenters. The fraction of sp³-hybridized carbons (Fsp3) is 0.381.